The van der Waals surface area contributed by atoms with E-state index in [9.17, 15) is 0 Å². The average molecular weight is 294 g/mol. The maximum Gasteiger partial charge on any atom is 0.180 e. The van der Waals surface area contributed by atoms with Crippen LogP contribution in [0, 0.1) is 0 Å². The molecule has 0 amide bonds. The number of benzene rings is 1. The number of anilines is 1. The van der Waals surface area contributed by atoms with Crippen LogP contribution in [-0.2, 0) is 5.75 Å². The van der Waals surface area contributed by atoms with Gasteiger partial charge in [-0.05, 0) is 18.2 Å². The van der Waals surface area contributed by atoms with Gasteiger partial charge in [0.05, 0.1) is 13.2 Å². The van der Waals surface area contributed by atoms with Crippen molar-refractivity contribution in [3.63, 3.8) is 0 Å². The Balaban J connectivity index is 1.69. The van der Waals surface area contributed by atoms with Gasteiger partial charge in [-0.2, -0.15) is 0 Å². The van der Waals surface area contributed by atoms with Crippen LogP contribution in [0.15, 0.2) is 29.3 Å². The molecule has 1 aromatic heterocycles. The zero-order valence-electron chi connectivity index (χ0n) is 10.3. The largest absolute Gasteiger partial charge is 0.490 e. The number of nitrogens with two attached hydrogens (primary N) is 1. The molecule has 3 rings (SSSR count). The third-order valence-corrected chi connectivity index (χ3v) is 4.72. The lowest BCUT2D eigenvalue weighted by atomic mass is 10.3. The molecule has 0 atom stereocenters. The molecule has 0 fully saturated rings. The molecule has 1 aromatic carbocycles. The van der Waals surface area contributed by atoms with Gasteiger partial charge in [0.25, 0.3) is 0 Å². The maximum absolute atomic E-state index is 5.68. The molecule has 19 heavy (non-hydrogen) atoms. The van der Waals surface area contributed by atoms with Gasteiger partial charge < -0.3 is 15.2 Å². The molecule has 2 N–H and O–H groups in total. The van der Waals surface area contributed by atoms with E-state index in [0.717, 1.165) is 35.2 Å². The van der Waals surface area contributed by atoms with Gasteiger partial charge in [-0.15, -0.1) is 23.1 Å². The minimum Gasteiger partial charge on any atom is -0.490 e. The SMILES string of the molecule is Nc1ncc(CSc2ccc3c(c2)OCCCO3)s1. The highest BCUT2D eigenvalue weighted by Crippen LogP contribution is 2.35. The van der Waals surface area contributed by atoms with Crippen LogP contribution < -0.4 is 15.2 Å². The van der Waals surface area contributed by atoms with Gasteiger partial charge in [-0.3, -0.25) is 0 Å². The number of aromatic nitrogens is 1. The third-order valence-electron chi connectivity index (χ3n) is 2.67. The van der Waals surface area contributed by atoms with Crippen molar-refractivity contribution < 1.29 is 9.47 Å². The molecule has 2 aromatic rings. The second-order valence-electron chi connectivity index (χ2n) is 4.11. The molecule has 1 aliphatic rings. The second kappa shape index (κ2) is 5.71. The van der Waals surface area contributed by atoms with Crippen molar-refractivity contribution in [1.29, 1.82) is 0 Å². The van der Waals surface area contributed by atoms with Gasteiger partial charge in [-0.25, -0.2) is 4.98 Å². The number of ether oxygens (including phenoxy) is 2. The Kier molecular flexibility index (Phi) is 3.79. The number of fused-ring (bicyclic) bond motifs is 1. The lowest BCUT2D eigenvalue weighted by Crippen LogP contribution is -1.97. The van der Waals surface area contributed by atoms with Crippen molar-refractivity contribution in [2.45, 2.75) is 17.1 Å². The molecule has 6 heteroatoms. The van der Waals surface area contributed by atoms with Crippen molar-refractivity contribution in [3.8, 4) is 11.5 Å². The van der Waals surface area contributed by atoms with Crippen LogP contribution in [0.3, 0.4) is 0 Å². The van der Waals surface area contributed by atoms with E-state index in [4.69, 9.17) is 15.2 Å². The first-order chi connectivity index (χ1) is 9.31. The molecule has 0 saturated carbocycles. The fourth-order valence-corrected chi connectivity index (χ4v) is 3.41. The highest BCUT2D eigenvalue weighted by Gasteiger charge is 2.11. The number of nitrogen functional groups attached to an aromatic ring is 1. The van der Waals surface area contributed by atoms with Gasteiger partial charge in [0.2, 0.25) is 0 Å². The van der Waals surface area contributed by atoms with Gasteiger partial charge in [0, 0.05) is 28.1 Å². The fraction of sp³-hybridized carbons (Fsp3) is 0.308. The predicted octanol–water partition coefficient (Wildman–Crippen LogP) is 3.18. The van der Waals surface area contributed by atoms with Gasteiger partial charge in [-0.1, -0.05) is 0 Å². The Labute approximate surface area is 119 Å². The molecule has 0 saturated heterocycles. The summed E-state index contributed by atoms with van der Waals surface area (Å²) in [5.41, 5.74) is 5.62. The molecule has 2 heterocycles. The van der Waals surface area contributed by atoms with E-state index in [1.165, 1.54) is 16.2 Å². The molecule has 0 spiro atoms. The Hall–Kier alpha value is -1.40. The summed E-state index contributed by atoms with van der Waals surface area (Å²) in [7, 11) is 0. The number of hydrogen-bond acceptors (Lipinski definition) is 6. The Morgan fingerprint density at radius 2 is 2.11 bits per heavy atom. The highest BCUT2D eigenvalue weighted by atomic mass is 32.2. The quantitative estimate of drug-likeness (QED) is 0.881. The Bertz CT molecular complexity index is 572. The zero-order valence-corrected chi connectivity index (χ0v) is 11.9. The summed E-state index contributed by atoms with van der Waals surface area (Å²) in [5, 5.41) is 0.620. The van der Waals surface area contributed by atoms with Crippen molar-refractivity contribution in [3.05, 3.63) is 29.3 Å². The van der Waals surface area contributed by atoms with Crippen LogP contribution in [0.5, 0.6) is 11.5 Å². The number of thiazole rings is 1. The normalized spacial score (nSPS) is 14.1. The first-order valence-corrected chi connectivity index (χ1v) is 7.84. The summed E-state index contributed by atoms with van der Waals surface area (Å²) >= 11 is 3.27. The molecular weight excluding hydrogens is 280 g/mol. The highest BCUT2D eigenvalue weighted by molar-refractivity contribution is 7.98. The summed E-state index contributed by atoms with van der Waals surface area (Å²) in [4.78, 5) is 6.39. The molecule has 0 radical (unpaired) electrons. The lowest BCUT2D eigenvalue weighted by molar-refractivity contribution is 0.297. The van der Waals surface area contributed by atoms with E-state index in [2.05, 4.69) is 11.1 Å². The lowest BCUT2D eigenvalue weighted by Gasteiger charge is -2.08. The molecule has 1 aliphatic heterocycles. The first kappa shape index (κ1) is 12.6. The molecule has 100 valence electrons. The van der Waals surface area contributed by atoms with E-state index in [-0.39, 0.29) is 0 Å². The van der Waals surface area contributed by atoms with Crippen molar-refractivity contribution >= 4 is 28.2 Å². The molecule has 4 nitrogen and oxygen atoms in total. The van der Waals surface area contributed by atoms with Crippen LogP contribution >= 0.6 is 23.1 Å². The van der Waals surface area contributed by atoms with Gasteiger partial charge in [0.1, 0.15) is 0 Å². The minimum absolute atomic E-state index is 0.620. The molecule has 0 aliphatic carbocycles. The number of thioether (sulfide) groups is 1. The zero-order chi connectivity index (χ0) is 13.1. The average Bonchev–Trinajstić information content (AvgIpc) is 2.70. The third kappa shape index (κ3) is 3.13. The van der Waals surface area contributed by atoms with E-state index in [1.807, 2.05) is 18.3 Å². The molecular formula is C13H14N2O2S2. The van der Waals surface area contributed by atoms with Crippen molar-refractivity contribution in [2.75, 3.05) is 18.9 Å². The summed E-state index contributed by atoms with van der Waals surface area (Å²) in [6.45, 7) is 1.44. The minimum atomic E-state index is 0.620. The van der Waals surface area contributed by atoms with Crippen LogP contribution in [0.2, 0.25) is 0 Å². The number of rotatable bonds is 3. The molecule has 0 unspecified atom stereocenters. The van der Waals surface area contributed by atoms with Gasteiger partial charge >= 0.3 is 0 Å². The van der Waals surface area contributed by atoms with E-state index in [1.54, 1.807) is 11.8 Å². The summed E-state index contributed by atoms with van der Waals surface area (Å²) in [6.07, 6.45) is 2.76. The summed E-state index contributed by atoms with van der Waals surface area (Å²) < 4.78 is 11.3. The Morgan fingerprint density at radius 3 is 2.89 bits per heavy atom. The van der Waals surface area contributed by atoms with E-state index >= 15 is 0 Å². The van der Waals surface area contributed by atoms with Gasteiger partial charge in [0.15, 0.2) is 16.6 Å². The van der Waals surface area contributed by atoms with Crippen LogP contribution in [-0.4, -0.2) is 18.2 Å². The summed E-state index contributed by atoms with van der Waals surface area (Å²) in [6, 6.07) is 6.07. The van der Waals surface area contributed by atoms with E-state index < -0.39 is 0 Å². The van der Waals surface area contributed by atoms with Crippen LogP contribution in [0.1, 0.15) is 11.3 Å². The fourth-order valence-electron chi connectivity index (χ4n) is 1.78. The standard InChI is InChI=1S/C13H14N2O2S2/c14-13-15-7-10(19-13)8-18-9-2-3-11-12(6-9)17-5-1-4-16-11/h2-3,6-7H,1,4-5,8H2,(H2,14,15). The number of hydrogen-bond donors (Lipinski definition) is 1. The monoisotopic (exact) mass is 294 g/mol. The maximum atomic E-state index is 5.68. The van der Waals surface area contributed by atoms with Crippen molar-refractivity contribution in [2.24, 2.45) is 0 Å². The van der Waals surface area contributed by atoms with Crippen LogP contribution in [0.4, 0.5) is 5.13 Å². The second-order valence-corrected chi connectivity index (χ2v) is 6.31. The summed E-state index contributed by atoms with van der Waals surface area (Å²) in [5.74, 6) is 2.55. The topological polar surface area (TPSA) is 57.4 Å². The Morgan fingerprint density at radius 1 is 1.26 bits per heavy atom. The smallest absolute Gasteiger partial charge is 0.180 e. The molecule has 0 bridgehead atoms. The van der Waals surface area contributed by atoms with Crippen molar-refractivity contribution in [1.82, 2.24) is 4.98 Å². The van der Waals surface area contributed by atoms with E-state index in [0.29, 0.717) is 11.7 Å². The first-order valence-electron chi connectivity index (χ1n) is 6.04. The van der Waals surface area contributed by atoms with Crippen LogP contribution in [0.25, 0.3) is 0 Å². The number of nitrogens with zero attached hydrogens (tertiary/aromatic N) is 1. The predicted molar refractivity (Wildman–Crippen MR) is 78.1 cm³/mol.